The van der Waals surface area contributed by atoms with Crippen molar-refractivity contribution >= 4 is 15.9 Å². The van der Waals surface area contributed by atoms with Gasteiger partial charge in [0.1, 0.15) is 0 Å². The van der Waals surface area contributed by atoms with E-state index in [0.717, 1.165) is 22.4 Å². The van der Waals surface area contributed by atoms with Gasteiger partial charge in [0.15, 0.2) is 11.5 Å². The van der Waals surface area contributed by atoms with E-state index in [-0.39, 0.29) is 5.92 Å². The van der Waals surface area contributed by atoms with Crippen LogP contribution in [0.15, 0.2) is 46.9 Å². The maximum atomic E-state index is 5.95. The molecule has 0 saturated carbocycles. The van der Waals surface area contributed by atoms with Crippen LogP contribution in [0.3, 0.4) is 0 Å². The van der Waals surface area contributed by atoms with E-state index in [4.69, 9.17) is 15.2 Å². The second kappa shape index (κ2) is 5.85. The minimum absolute atomic E-state index is 0.283. The summed E-state index contributed by atoms with van der Waals surface area (Å²) in [4.78, 5) is 0. The molecule has 1 aliphatic rings. The Kier molecular flexibility index (Phi) is 3.94. The quantitative estimate of drug-likeness (QED) is 0.931. The molecule has 1 unspecified atom stereocenters. The van der Waals surface area contributed by atoms with Gasteiger partial charge in [0.2, 0.25) is 6.79 Å². The summed E-state index contributed by atoms with van der Waals surface area (Å²) in [6, 6.07) is 14.4. The van der Waals surface area contributed by atoms with E-state index < -0.39 is 0 Å². The molecule has 0 aromatic heterocycles. The summed E-state index contributed by atoms with van der Waals surface area (Å²) in [5.74, 6) is 1.91. The number of rotatable bonds is 4. The second-order valence-electron chi connectivity index (χ2n) is 4.88. The highest BCUT2D eigenvalue weighted by Crippen LogP contribution is 2.35. The van der Waals surface area contributed by atoms with Gasteiger partial charge in [-0.3, -0.25) is 0 Å². The predicted molar refractivity (Wildman–Crippen MR) is 82.2 cm³/mol. The molecule has 0 spiro atoms. The Hall–Kier alpha value is -1.52. The monoisotopic (exact) mass is 333 g/mol. The maximum absolute atomic E-state index is 5.95. The van der Waals surface area contributed by atoms with Crippen molar-refractivity contribution in [1.29, 1.82) is 0 Å². The molecule has 0 aliphatic carbocycles. The van der Waals surface area contributed by atoms with Crippen LogP contribution in [0.25, 0.3) is 0 Å². The van der Waals surface area contributed by atoms with Crippen molar-refractivity contribution in [1.82, 2.24) is 0 Å². The van der Waals surface area contributed by atoms with Crippen LogP contribution in [0.1, 0.15) is 17.0 Å². The molecule has 3 rings (SSSR count). The number of benzene rings is 2. The van der Waals surface area contributed by atoms with Gasteiger partial charge in [-0.15, -0.1) is 0 Å². The number of fused-ring (bicyclic) bond motifs is 1. The van der Waals surface area contributed by atoms with Gasteiger partial charge >= 0.3 is 0 Å². The van der Waals surface area contributed by atoms with Crippen LogP contribution in [0.5, 0.6) is 11.5 Å². The van der Waals surface area contributed by atoms with Crippen LogP contribution in [0.4, 0.5) is 0 Å². The summed E-state index contributed by atoms with van der Waals surface area (Å²) in [6.07, 6.45) is 0.920. The molecule has 2 aromatic rings. The maximum Gasteiger partial charge on any atom is 0.231 e. The molecule has 2 aromatic carbocycles. The van der Waals surface area contributed by atoms with Crippen molar-refractivity contribution in [2.45, 2.75) is 12.3 Å². The highest BCUT2D eigenvalue weighted by molar-refractivity contribution is 9.10. The minimum Gasteiger partial charge on any atom is -0.454 e. The molecule has 1 aliphatic heterocycles. The molecule has 4 heteroatoms. The van der Waals surface area contributed by atoms with Gasteiger partial charge in [-0.2, -0.15) is 0 Å². The molecule has 3 nitrogen and oxygen atoms in total. The lowest BCUT2D eigenvalue weighted by molar-refractivity contribution is 0.174. The van der Waals surface area contributed by atoms with E-state index in [9.17, 15) is 0 Å². The van der Waals surface area contributed by atoms with Crippen LogP contribution < -0.4 is 15.2 Å². The van der Waals surface area contributed by atoms with Crippen molar-refractivity contribution in [2.24, 2.45) is 5.73 Å². The molecule has 0 radical (unpaired) electrons. The molecular weight excluding hydrogens is 318 g/mol. The Bertz CT molecular complexity index is 598. The zero-order chi connectivity index (χ0) is 13.9. The number of nitrogens with two attached hydrogens (primary N) is 1. The number of ether oxygens (including phenoxy) is 2. The molecule has 20 heavy (non-hydrogen) atoms. The smallest absolute Gasteiger partial charge is 0.231 e. The lowest BCUT2D eigenvalue weighted by atomic mass is 9.92. The highest BCUT2D eigenvalue weighted by atomic mass is 79.9. The van der Waals surface area contributed by atoms with Crippen molar-refractivity contribution < 1.29 is 9.47 Å². The number of hydrogen-bond acceptors (Lipinski definition) is 3. The third kappa shape index (κ3) is 2.81. The highest BCUT2D eigenvalue weighted by Gasteiger charge is 2.17. The van der Waals surface area contributed by atoms with Gasteiger partial charge in [0.05, 0.1) is 0 Å². The van der Waals surface area contributed by atoms with Crippen LogP contribution >= 0.6 is 15.9 Å². The molecule has 0 bridgehead atoms. The minimum atomic E-state index is 0.283. The zero-order valence-corrected chi connectivity index (χ0v) is 12.6. The standard InChI is InChI=1S/C16H16BrNO2/c17-14-4-1-11(2-5-14)7-13(9-18)12-3-6-15-16(8-12)20-10-19-15/h1-6,8,13H,7,9-10,18H2. The third-order valence-electron chi connectivity index (χ3n) is 3.55. The molecule has 0 amide bonds. The molecule has 0 saturated heterocycles. The van der Waals surface area contributed by atoms with Crippen LogP contribution in [-0.4, -0.2) is 13.3 Å². The first-order chi connectivity index (χ1) is 9.76. The fourth-order valence-corrected chi connectivity index (χ4v) is 2.67. The van der Waals surface area contributed by atoms with E-state index >= 15 is 0 Å². The summed E-state index contributed by atoms with van der Waals surface area (Å²) in [7, 11) is 0. The summed E-state index contributed by atoms with van der Waals surface area (Å²) in [6.45, 7) is 0.911. The molecule has 1 atom stereocenters. The molecular formula is C16H16BrNO2. The van der Waals surface area contributed by atoms with Gasteiger partial charge in [0.25, 0.3) is 0 Å². The Morgan fingerprint density at radius 2 is 1.80 bits per heavy atom. The van der Waals surface area contributed by atoms with Gasteiger partial charge < -0.3 is 15.2 Å². The van der Waals surface area contributed by atoms with Crippen molar-refractivity contribution in [3.8, 4) is 11.5 Å². The summed E-state index contributed by atoms with van der Waals surface area (Å²) in [5, 5.41) is 0. The lowest BCUT2D eigenvalue weighted by Gasteiger charge is -2.16. The third-order valence-corrected chi connectivity index (χ3v) is 4.08. The topological polar surface area (TPSA) is 44.5 Å². The van der Waals surface area contributed by atoms with Gasteiger partial charge in [0, 0.05) is 10.4 Å². The summed E-state index contributed by atoms with van der Waals surface area (Å²) < 4.78 is 11.9. The Balaban J connectivity index is 1.81. The Morgan fingerprint density at radius 1 is 1.05 bits per heavy atom. The van der Waals surface area contributed by atoms with Gasteiger partial charge in [-0.1, -0.05) is 34.1 Å². The van der Waals surface area contributed by atoms with Crippen LogP contribution in [0.2, 0.25) is 0 Å². The second-order valence-corrected chi connectivity index (χ2v) is 5.79. The van der Waals surface area contributed by atoms with E-state index in [0.29, 0.717) is 13.3 Å². The number of halogens is 1. The Morgan fingerprint density at radius 3 is 2.55 bits per heavy atom. The first-order valence-electron chi connectivity index (χ1n) is 6.60. The fraction of sp³-hybridized carbons (Fsp3) is 0.250. The largest absolute Gasteiger partial charge is 0.454 e. The van der Waals surface area contributed by atoms with E-state index in [1.165, 1.54) is 11.1 Å². The van der Waals surface area contributed by atoms with Gasteiger partial charge in [-0.05, 0) is 48.4 Å². The summed E-state index contributed by atoms with van der Waals surface area (Å²) in [5.41, 5.74) is 8.42. The first kappa shape index (κ1) is 13.5. The molecule has 2 N–H and O–H groups in total. The van der Waals surface area contributed by atoms with E-state index in [1.54, 1.807) is 0 Å². The van der Waals surface area contributed by atoms with E-state index in [2.05, 4.69) is 46.3 Å². The van der Waals surface area contributed by atoms with Gasteiger partial charge in [-0.25, -0.2) is 0 Å². The summed E-state index contributed by atoms with van der Waals surface area (Å²) >= 11 is 3.45. The average Bonchev–Trinajstić information content (AvgIpc) is 2.94. The van der Waals surface area contributed by atoms with E-state index in [1.807, 2.05) is 12.1 Å². The number of hydrogen-bond donors (Lipinski definition) is 1. The first-order valence-corrected chi connectivity index (χ1v) is 7.39. The zero-order valence-electron chi connectivity index (χ0n) is 11.0. The molecule has 1 heterocycles. The van der Waals surface area contributed by atoms with Crippen molar-refractivity contribution in [3.63, 3.8) is 0 Å². The van der Waals surface area contributed by atoms with Crippen LogP contribution in [0, 0.1) is 0 Å². The average molecular weight is 334 g/mol. The Labute approximate surface area is 126 Å². The fourth-order valence-electron chi connectivity index (χ4n) is 2.41. The van der Waals surface area contributed by atoms with Crippen molar-refractivity contribution in [3.05, 3.63) is 58.1 Å². The normalized spacial score (nSPS) is 14.3. The SMILES string of the molecule is NCC(Cc1ccc(Br)cc1)c1ccc2c(c1)OCO2. The lowest BCUT2D eigenvalue weighted by Crippen LogP contribution is -2.15. The van der Waals surface area contributed by atoms with Crippen LogP contribution in [-0.2, 0) is 6.42 Å². The molecule has 104 valence electrons. The van der Waals surface area contributed by atoms with Crippen molar-refractivity contribution in [2.75, 3.05) is 13.3 Å². The predicted octanol–water partition coefficient (Wildman–Crippen LogP) is 3.46. The molecule has 0 fully saturated rings.